The Morgan fingerprint density at radius 2 is 2.00 bits per heavy atom. The lowest BCUT2D eigenvalue weighted by Crippen LogP contribution is -2.45. The third-order valence-corrected chi connectivity index (χ3v) is 5.42. The van der Waals surface area contributed by atoms with E-state index >= 15 is 0 Å². The lowest BCUT2D eigenvalue weighted by Gasteiger charge is -2.16. The molecule has 7 nitrogen and oxygen atoms in total. The molecule has 1 aliphatic rings. The van der Waals surface area contributed by atoms with Crippen LogP contribution in [0.25, 0.3) is 16.9 Å². The average molecular weight is 423 g/mol. The summed E-state index contributed by atoms with van der Waals surface area (Å²) in [4.78, 5) is 30.1. The molecule has 0 aliphatic carbocycles. The topological polar surface area (TPSA) is 88.4 Å². The molecule has 8 heteroatoms. The van der Waals surface area contributed by atoms with Crippen molar-refractivity contribution < 1.29 is 14.0 Å². The molecule has 1 aliphatic heterocycles. The molecule has 31 heavy (non-hydrogen) atoms. The van der Waals surface area contributed by atoms with E-state index in [1.807, 2.05) is 20.8 Å². The van der Waals surface area contributed by atoms with Gasteiger partial charge in [-0.15, -0.1) is 0 Å². The van der Waals surface area contributed by atoms with E-state index in [1.165, 1.54) is 16.6 Å². The van der Waals surface area contributed by atoms with Gasteiger partial charge in [0.2, 0.25) is 5.91 Å². The highest BCUT2D eigenvalue weighted by Gasteiger charge is 2.26. The van der Waals surface area contributed by atoms with Crippen LogP contribution in [0.15, 0.2) is 36.4 Å². The second-order valence-electron chi connectivity index (χ2n) is 8.87. The van der Waals surface area contributed by atoms with Crippen LogP contribution in [0.4, 0.5) is 4.39 Å². The number of rotatable bonds is 3. The van der Waals surface area contributed by atoms with Gasteiger partial charge in [-0.2, -0.15) is 5.10 Å². The lowest BCUT2D eigenvalue weighted by molar-refractivity contribution is -0.122. The van der Waals surface area contributed by atoms with Crippen LogP contribution in [-0.2, 0) is 10.2 Å². The SMILES string of the molecule is CC(C)(C)c1cc2nc(-c3ccccc3F)cc(C(=O)NC3CCCCNC3=O)n2n1. The number of carbonyl (C=O) groups excluding carboxylic acids is 2. The Morgan fingerprint density at radius 1 is 1.23 bits per heavy atom. The van der Waals surface area contributed by atoms with Gasteiger partial charge in [0, 0.05) is 23.6 Å². The molecule has 2 aromatic heterocycles. The number of fused-ring (bicyclic) bond motifs is 1. The maximum absolute atomic E-state index is 14.5. The van der Waals surface area contributed by atoms with Crippen molar-refractivity contribution in [3.8, 4) is 11.3 Å². The summed E-state index contributed by atoms with van der Waals surface area (Å²) in [6.45, 7) is 6.66. The van der Waals surface area contributed by atoms with Gasteiger partial charge in [0.15, 0.2) is 5.65 Å². The molecular weight excluding hydrogens is 397 g/mol. The number of amides is 2. The molecule has 2 N–H and O–H groups in total. The van der Waals surface area contributed by atoms with Crippen LogP contribution >= 0.6 is 0 Å². The van der Waals surface area contributed by atoms with Crippen LogP contribution in [0.2, 0.25) is 0 Å². The summed E-state index contributed by atoms with van der Waals surface area (Å²) in [5.74, 6) is -1.07. The van der Waals surface area contributed by atoms with Crippen molar-refractivity contribution in [2.24, 2.45) is 0 Å². The minimum atomic E-state index is -0.618. The summed E-state index contributed by atoms with van der Waals surface area (Å²) in [7, 11) is 0. The predicted octanol–water partition coefficient (Wildman–Crippen LogP) is 3.23. The highest BCUT2D eigenvalue weighted by molar-refractivity contribution is 5.97. The van der Waals surface area contributed by atoms with Crippen LogP contribution in [0.5, 0.6) is 0 Å². The Morgan fingerprint density at radius 3 is 2.74 bits per heavy atom. The monoisotopic (exact) mass is 423 g/mol. The van der Waals surface area contributed by atoms with Crippen molar-refractivity contribution in [1.82, 2.24) is 25.2 Å². The van der Waals surface area contributed by atoms with Gasteiger partial charge >= 0.3 is 0 Å². The molecule has 0 saturated carbocycles. The molecule has 162 valence electrons. The second-order valence-corrected chi connectivity index (χ2v) is 8.87. The van der Waals surface area contributed by atoms with Crippen LogP contribution in [0, 0.1) is 5.82 Å². The fraction of sp³-hybridized carbons (Fsp3) is 0.391. The van der Waals surface area contributed by atoms with Gasteiger partial charge in [-0.05, 0) is 37.5 Å². The summed E-state index contributed by atoms with van der Waals surface area (Å²) in [6.07, 6.45) is 2.29. The number of nitrogens with zero attached hydrogens (tertiary/aromatic N) is 3. The lowest BCUT2D eigenvalue weighted by atomic mass is 9.93. The number of hydrogen-bond donors (Lipinski definition) is 2. The molecule has 2 amide bonds. The van der Waals surface area contributed by atoms with Crippen LogP contribution in [0.1, 0.15) is 56.2 Å². The Bertz CT molecular complexity index is 1150. The van der Waals surface area contributed by atoms with Crippen molar-refractivity contribution in [3.05, 3.63) is 53.6 Å². The largest absolute Gasteiger partial charge is 0.354 e. The van der Waals surface area contributed by atoms with Gasteiger partial charge in [-0.3, -0.25) is 9.59 Å². The third-order valence-electron chi connectivity index (χ3n) is 5.42. The molecule has 0 bridgehead atoms. The average Bonchev–Trinajstić information content (AvgIpc) is 3.07. The van der Waals surface area contributed by atoms with E-state index in [1.54, 1.807) is 24.3 Å². The number of hydrogen-bond acceptors (Lipinski definition) is 4. The number of benzene rings is 1. The minimum absolute atomic E-state index is 0.193. The Balaban J connectivity index is 1.81. The summed E-state index contributed by atoms with van der Waals surface area (Å²) >= 11 is 0. The van der Waals surface area contributed by atoms with Gasteiger partial charge < -0.3 is 10.6 Å². The highest BCUT2D eigenvalue weighted by Crippen LogP contribution is 2.26. The number of nitrogens with one attached hydrogen (secondary N) is 2. The molecule has 1 saturated heterocycles. The second kappa shape index (κ2) is 8.09. The van der Waals surface area contributed by atoms with Gasteiger partial charge in [0.05, 0.1) is 11.4 Å². The van der Waals surface area contributed by atoms with Crippen LogP contribution in [0.3, 0.4) is 0 Å². The molecule has 1 unspecified atom stereocenters. The van der Waals surface area contributed by atoms with E-state index in [4.69, 9.17) is 0 Å². The first kappa shape index (κ1) is 21.0. The zero-order valence-corrected chi connectivity index (χ0v) is 17.9. The first-order chi connectivity index (χ1) is 14.7. The Kier molecular flexibility index (Phi) is 5.47. The number of halogens is 1. The fourth-order valence-electron chi connectivity index (χ4n) is 3.62. The van der Waals surface area contributed by atoms with Crippen LogP contribution in [-0.4, -0.2) is 39.0 Å². The van der Waals surface area contributed by atoms with E-state index in [0.717, 1.165) is 18.5 Å². The molecule has 0 radical (unpaired) electrons. The molecule has 1 fully saturated rings. The van der Waals surface area contributed by atoms with Gasteiger partial charge in [-0.25, -0.2) is 13.9 Å². The predicted molar refractivity (Wildman–Crippen MR) is 115 cm³/mol. The van der Waals surface area contributed by atoms with E-state index < -0.39 is 17.8 Å². The quantitative estimate of drug-likeness (QED) is 0.677. The van der Waals surface area contributed by atoms with E-state index in [-0.39, 0.29) is 17.0 Å². The number of carbonyl (C=O) groups is 2. The Hall–Kier alpha value is -3.29. The van der Waals surface area contributed by atoms with Crippen molar-refractivity contribution in [2.45, 2.75) is 51.5 Å². The first-order valence-corrected chi connectivity index (χ1v) is 10.5. The molecule has 3 heterocycles. The van der Waals surface area contributed by atoms with E-state index in [9.17, 15) is 14.0 Å². The zero-order valence-electron chi connectivity index (χ0n) is 17.9. The van der Waals surface area contributed by atoms with Gasteiger partial charge in [-0.1, -0.05) is 32.9 Å². The minimum Gasteiger partial charge on any atom is -0.354 e. The maximum atomic E-state index is 14.5. The number of aromatic nitrogens is 3. The Labute approximate surface area is 180 Å². The normalized spacial score (nSPS) is 17.3. The van der Waals surface area contributed by atoms with Crippen molar-refractivity contribution in [1.29, 1.82) is 0 Å². The maximum Gasteiger partial charge on any atom is 0.270 e. The molecular formula is C23H26FN5O2. The molecule has 1 atom stereocenters. The molecule has 0 spiro atoms. The fourth-order valence-corrected chi connectivity index (χ4v) is 3.62. The first-order valence-electron chi connectivity index (χ1n) is 10.5. The van der Waals surface area contributed by atoms with E-state index in [2.05, 4.69) is 20.7 Å². The third kappa shape index (κ3) is 4.28. The van der Waals surface area contributed by atoms with Gasteiger partial charge in [0.25, 0.3) is 5.91 Å². The standard InChI is InChI=1S/C23H26FN5O2/c1-23(2,3)19-13-20-26-17(14-8-4-5-9-15(14)24)12-18(29(20)28-19)22(31)27-16-10-6-7-11-25-21(16)30/h4-5,8-9,12-13,16H,6-7,10-11H2,1-3H3,(H,25,30)(H,27,31). The van der Waals surface area contributed by atoms with Crippen LogP contribution < -0.4 is 10.6 Å². The molecule has 4 rings (SSSR count). The zero-order chi connectivity index (χ0) is 22.2. The molecule has 3 aromatic rings. The van der Waals surface area contributed by atoms with Crippen molar-refractivity contribution >= 4 is 17.5 Å². The van der Waals surface area contributed by atoms with Gasteiger partial charge in [0.1, 0.15) is 17.6 Å². The van der Waals surface area contributed by atoms with E-state index in [0.29, 0.717) is 29.9 Å². The summed E-state index contributed by atoms with van der Waals surface area (Å²) in [5.41, 5.74) is 1.77. The summed E-state index contributed by atoms with van der Waals surface area (Å²) < 4.78 is 15.9. The van der Waals surface area contributed by atoms with Crippen molar-refractivity contribution in [2.75, 3.05) is 6.54 Å². The molecule has 1 aromatic carbocycles. The summed E-state index contributed by atoms with van der Waals surface area (Å²) in [5, 5.41) is 10.2. The summed E-state index contributed by atoms with van der Waals surface area (Å²) in [6, 6.07) is 9.01. The smallest absolute Gasteiger partial charge is 0.270 e. The highest BCUT2D eigenvalue weighted by atomic mass is 19.1. The van der Waals surface area contributed by atoms with Crippen molar-refractivity contribution in [3.63, 3.8) is 0 Å².